The Bertz CT molecular complexity index is 962. The van der Waals surface area contributed by atoms with E-state index in [4.69, 9.17) is 9.47 Å². The lowest BCUT2D eigenvalue weighted by molar-refractivity contribution is 0.0730. The molecule has 1 atom stereocenters. The summed E-state index contributed by atoms with van der Waals surface area (Å²) in [5, 5.41) is 5.47. The second-order valence-electron chi connectivity index (χ2n) is 7.15. The van der Waals surface area contributed by atoms with Crippen LogP contribution in [0.2, 0.25) is 0 Å². The summed E-state index contributed by atoms with van der Waals surface area (Å²) >= 11 is 0. The third-order valence-corrected chi connectivity index (χ3v) is 6.59. The van der Waals surface area contributed by atoms with Gasteiger partial charge in [-0.3, -0.25) is 0 Å². The van der Waals surface area contributed by atoms with Crippen LogP contribution < -0.4 is 15.4 Å². The van der Waals surface area contributed by atoms with Crippen molar-refractivity contribution in [2.24, 2.45) is 0 Å². The van der Waals surface area contributed by atoms with Crippen LogP contribution in [0.3, 0.4) is 0 Å². The topological polar surface area (TPSA) is 97.0 Å². The maximum Gasteiger partial charge on any atom is 0.315 e. The van der Waals surface area contributed by atoms with Crippen molar-refractivity contribution in [2.45, 2.75) is 24.4 Å². The van der Waals surface area contributed by atoms with Crippen LogP contribution in [0.1, 0.15) is 12.5 Å². The van der Waals surface area contributed by atoms with Crippen LogP contribution in [0.5, 0.6) is 5.75 Å². The molecule has 0 saturated carbocycles. The van der Waals surface area contributed by atoms with Gasteiger partial charge in [0.25, 0.3) is 0 Å². The summed E-state index contributed by atoms with van der Waals surface area (Å²) in [6, 6.07) is 11.4. The molecule has 31 heavy (non-hydrogen) atoms. The van der Waals surface area contributed by atoms with Gasteiger partial charge >= 0.3 is 6.03 Å². The highest BCUT2D eigenvalue weighted by molar-refractivity contribution is 7.89. The number of carbonyl (C=O) groups excluding carboxylic acids is 1. The molecule has 0 bridgehead atoms. The van der Waals surface area contributed by atoms with Crippen molar-refractivity contribution in [1.82, 2.24) is 14.9 Å². The Balaban J connectivity index is 1.43. The Kier molecular flexibility index (Phi) is 7.83. The molecule has 1 unspecified atom stereocenters. The minimum absolute atomic E-state index is 0.217. The molecule has 168 valence electrons. The van der Waals surface area contributed by atoms with Crippen molar-refractivity contribution in [1.29, 1.82) is 0 Å². The van der Waals surface area contributed by atoms with Crippen molar-refractivity contribution < 1.29 is 27.1 Å². The number of nitrogens with one attached hydrogen (secondary N) is 2. The van der Waals surface area contributed by atoms with E-state index in [0.717, 1.165) is 5.56 Å². The molecule has 10 heteroatoms. The number of rotatable bonds is 8. The van der Waals surface area contributed by atoms with Crippen LogP contribution in [0.25, 0.3) is 0 Å². The largest absolute Gasteiger partial charge is 0.491 e. The fourth-order valence-corrected chi connectivity index (χ4v) is 4.37. The summed E-state index contributed by atoms with van der Waals surface area (Å²) in [4.78, 5) is 12.3. The standard InChI is InChI=1S/C21H26FN3O5S/c1-16(15-30-19-6-4-18(22)5-7-19)24-21(26)23-14-17-2-8-20(9-3-17)31(27,28)25-10-12-29-13-11-25/h2-9,16H,10-15H2,1H3,(H2,23,24,26). The van der Waals surface area contributed by atoms with E-state index < -0.39 is 10.0 Å². The second kappa shape index (κ2) is 10.6. The molecule has 0 radical (unpaired) electrons. The smallest absolute Gasteiger partial charge is 0.315 e. The minimum Gasteiger partial charge on any atom is -0.491 e. The number of ether oxygens (including phenoxy) is 2. The Morgan fingerprint density at radius 3 is 2.42 bits per heavy atom. The van der Waals surface area contributed by atoms with Crippen molar-refractivity contribution in [3.05, 3.63) is 59.9 Å². The molecule has 8 nitrogen and oxygen atoms in total. The van der Waals surface area contributed by atoms with Gasteiger partial charge in [0.05, 0.1) is 24.2 Å². The van der Waals surface area contributed by atoms with Gasteiger partial charge in [0.1, 0.15) is 18.2 Å². The summed E-state index contributed by atoms with van der Waals surface area (Å²) < 4.78 is 50.3. The number of urea groups is 1. The number of hydrogen-bond acceptors (Lipinski definition) is 5. The van der Waals surface area contributed by atoms with Crippen LogP contribution in [-0.2, 0) is 21.3 Å². The Hall–Kier alpha value is -2.69. The van der Waals surface area contributed by atoms with Gasteiger partial charge in [-0.25, -0.2) is 17.6 Å². The van der Waals surface area contributed by atoms with E-state index >= 15 is 0 Å². The van der Waals surface area contributed by atoms with E-state index in [1.54, 1.807) is 31.2 Å². The average Bonchev–Trinajstić information content (AvgIpc) is 2.78. The van der Waals surface area contributed by atoms with E-state index in [0.29, 0.717) is 32.1 Å². The van der Waals surface area contributed by atoms with Crippen molar-refractivity contribution in [2.75, 3.05) is 32.9 Å². The van der Waals surface area contributed by atoms with Crippen LogP contribution in [0.4, 0.5) is 9.18 Å². The first kappa shape index (κ1) is 23.0. The maximum atomic E-state index is 12.9. The monoisotopic (exact) mass is 451 g/mol. The molecule has 2 amide bonds. The SMILES string of the molecule is CC(COc1ccc(F)cc1)NC(=O)NCc1ccc(S(=O)(=O)N2CCOCC2)cc1. The summed E-state index contributed by atoms with van der Waals surface area (Å²) in [7, 11) is -3.54. The zero-order chi connectivity index (χ0) is 22.3. The zero-order valence-electron chi connectivity index (χ0n) is 17.2. The van der Waals surface area contributed by atoms with E-state index in [-0.39, 0.29) is 35.9 Å². The third kappa shape index (κ3) is 6.65. The van der Waals surface area contributed by atoms with Gasteiger partial charge in [0.15, 0.2) is 0 Å². The number of nitrogens with zero attached hydrogens (tertiary/aromatic N) is 1. The lowest BCUT2D eigenvalue weighted by atomic mass is 10.2. The number of carbonyl (C=O) groups is 1. The predicted molar refractivity (Wildman–Crippen MR) is 113 cm³/mol. The molecular formula is C21H26FN3O5S. The predicted octanol–water partition coefficient (Wildman–Crippen LogP) is 2.11. The summed E-state index contributed by atoms with van der Waals surface area (Å²) in [6.45, 7) is 3.73. The summed E-state index contributed by atoms with van der Waals surface area (Å²) in [5.74, 6) is 0.173. The second-order valence-corrected chi connectivity index (χ2v) is 9.09. The number of halogens is 1. The van der Waals surface area contributed by atoms with Gasteiger partial charge in [0, 0.05) is 19.6 Å². The number of amides is 2. The van der Waals surface area contributed by atoms with E-state index in [9.17, 15) is 17.6 Å². The minimum atomic E-state index is -3.54. The lowest BCUT2D eigenvalue weighted by Crippen LogP contribution is -2.43. The average molecular weight is 452 g/mol. The molecule has 2 aromatic carbocycles. The highest BCUT2D eigenvalue weighted by Gasteiger charge is 2.26. The number of hydrogen-bond donors (Lipinski definition) is 2. The summed E-state index contributed by atoms with van der Waals surface area (Å²) in [5.41, 5.74) is 0.770. The summed E-state index contributed by atoms with van der Waals surface area (Å²) in [6.07, 6.45) is 0. The number of sulfonamides is 1. The molecule has 2 N–H and O–H groups in total. The molecule has 0 spiro atoms. The molecule has 0 aliphatic carbocycles. The Morgan fingerprint density at radius 1 is 1.13 bits per heavy atom. The lowest BCUT2D eigenvalue weighted by Gasteiger charge is -2.26. The quantitative estimate of drug-likeness (QED) is 0.641. The fraction of sp³-hybridized carbons (Fsp3) is 0.381. The fourth-order valence-electron chi connectivity index (χ4n) is 2.97. The molecule has 0 aromatic heterocycles. The third-order valence-electron chi connectivity index (χ3n) is 4.68. The van der Waals surface area contributed by atoms with Gasteiger partial charge in [-0.1, -0.05) is 12.1 Å². The molecule has 1 saturated heterocycles. The highest BCUT2D eigenvalue weighted by atomic mass is 32.2. The molecular weight excluding hydrogens is 425 g/mol. The van der Waals surface area contributed by atoms with Gasteiger partial charge in [-0.15, -0.1) is 0 Å². The van der Waals surface area contributed by atoms with E-state index in [1.165, 1.54) is 28.6 Å². The van der Waals surface area contributed by atoms with E-state index in [1.807, 2.05) is 0 Å². The zero-order valence-corrected chi connectivity index (χ0v) is 18.0. The van der Waals surface area contributed by atoms with Gasteiger partial charge in [0.2, 0.25) is 10.0 Å². The van der Waals surface area contributed by atoms with E-state index in [2.05, 4.69) is 10.6 Å². The van der Waals surface area contributed by atoms with Gasteiger partial charge in [-0.2, -0.15) is 4.31 Å². The molecule has 1 heterocycles. The first-order chi connectivity index (χ1) is 14.8. The highest BCUT2D eigenvalue weighted by Crippen LogP contribution is 2.17. The number of benzene rings is 2. The van der Waals surface area contributed by atoms with Crippen LogP contribution in [-0.4, -0.2) is 57.7 Å². The van der Waals surface area contributed by atoms with Crippen molar-refractivity contribution >= 4 is 16.1 Å². The number of morpholine rings is 1. The normalized spacial score (nSPS) is 15.8. The van der Waals surface area contributed by atoms with Crippen molar-refractivity contribution in [3.63, 3.8) is 0 Å². The molecule has 3 rings (SSSR count). The molecule has 1 aliphatic rings. The Morgan fingerprint density at radius 2 is 1.77 bits per heavy atom. The van der Waals surface area contributed by atoms with Gasteiger partial charge in [-0.05, 0) is 48.9 Å². The van der Waals surface area contributed by atoms with Crippen LogP contribution in [0, 0.1) is 5.82 Å². The maximum absolute atomic E-state index is 12.9. The first-order valence-electron chi connectivity index (χ1n) is 9.94. The molecule has 1 aliphatic heterocycles. The van der Waals surface area contributed by atoms with Gasteiger partial charge < -0.3 is 20.1 Å². The Labute approximate surface area is 181 Å². The van der Waals surface area contributed by atoms with Crippen LogP contribution in [0.15, 0.2) is 53.4 Å². The molecule has 1 fully saturated rings. The molecule has 2 aromatic rings. The first-order valence-corrected chi connectivity index (χ1v) is 11.4. The van der Waals surface area contributed by atoms with Crippen LogP contribution >= 0.6 is 0 Å². The van der Waals surface area contributed by atoms with Crippen molar-refractivity contribution in [3.8, 4) is 5.75 Å².